The van der Waals surface area contributed by atoms with E-state index < -0.39 is 33.8 Å². The lowest BCUT2D eigenvalue weighted by atomic mass is 10.4. The van der Waals surface area contributed by atoms with Crippen LogP contribution in [0.2, 0.25) is 0 Å². The van der Waals surface area contributed by atoms with Crippen LogP contribution in [-0.2, 0) is 15.5 Å². The third-order valence-corrected chi connectivity index (χ3v) is 3.23. The number of nitro groups is 1. The highest BCUT2D eigenvalue weighted by Gasteiger charge is 2.31. The lowest BCUT2D eigenvalue weighted by Crippen LogP contribution is -2.22. The molecule has 10 heteroatoms. The molecule has 20 heavy (non-hydrogen) atoms. The molecule has 2 unspecified atom stereocenters. The normalized spacial score (nSPS) is 20.4. The first kappa shape index (κ1) is 14.2. The Kier molecular flexibility index (Phi) is 4.13. The largest absolute Gasteiger partial charge is 0.442 e. The van der Waals surface area contributed by atoms with Crippen molar-refractivity contribution < 1.29 is 23.1 Å². The number of carbonyl (C=O) groups excluding carboxylic acids is 1. The lowest BCUT2D eigenvalue weighted by Gasteiger charge is -2.04. The smallest absolute Gasteiger partial charge is 0.433 e. The maximum Gasteiger partial charge on any atom is 0.433 e. The predicted octanol–water partition coefficient (Wildman–Crippen LogP) is 0.721. The number of hydrazone groups is 1. The zero-order chi connectivity index (χ0) is 14.7. The van der Waals surface area contributed by atoms with Gasteiger partial charge in [-0.15, -0.1) is 0 Å². The molecule has 0 aliphatic carbocycles. The average molecular weight is 301 g/mol. The minimum absolute atomic E-state index is 0.145. The Bertz CT molecular complexity index is 583. The molecule has 2 heterocycles. The van der Waals surface area contributed by atoms with Gasteiger partial charge in [0, 0.05) is 17.1 Å². The van der Waals surface area contributed by atoms with Gasteiger partial charge in [-0.05, 0) is 6.07 Å². The monoisotopic (exact) mass is 301 g/mol. The van der Waals surface area contributed by atoms with Crippen molar-refractivity contribution in [2.45, 2.75) is 6.10 Å². The molecule has 1 saturated heterocycles. The highest BCUT2D eigenvalue weighted by molar-refractivity contribution is 7.84. The molecule has 1 amide bonds. The fraction of sp³-hybridized carbons (Fsp3) is 0.400. The second kappa shape index (κ2) is 5.82. The standard InChI is InChI=1S/C10H11N3O6S/c1-20(17)6-8-5-12(10(14)19-8)11-4-7-2-3-9(18-7)13(15)16/h2-4,8H,5-6H2,1H3/b11-4-. The number of nitrogens with zero attached hydrogens (tertiary/aromatic N) is 3. The van der Waals surface area contributed by atoms with E-state index in [1.54, 1.807) is 0 Å². The first-order chi connectivity index (χ1) is 9.45. The van der Waals surface area contributed by atoms with E-state index in [0.29, 0.717) is 0 Å². The zero-order valence-electron chi connectivity index (χ0n) is 10.4. The molecule has 0 radical (unpaired) electrons. The summed E-state index contributed by atoms with van der Waals surface area (Å²) in [5.74, 6) is -0.0222. The maximum atomic E-state index is 11.5. The van der Waals surface area contributed by atoms with E-state index >= 15 is 0 Å². The Morgan fingerprint density at radius 2 is 2.40 bits per heavy atom. The molecule has 108 valence electrons. The van der Waals surface area contributed by atoms with Gasteiger partial charge in [-0.25, -0.2) is 4.79 Å². The zero-order valence-corrected chi connectivity index (χ0v) is 11.2. The van der Waals surface area contributed by atoms with E-state index in [4.69, 9.17) is 9.15 Å². The summed E-state index contributed by atoms with van der Waals surface area (Å²) in [5, 5.41) is 15.3. The Labute approximate surface area is 115 Å². The number of hydrogen-bond acceptors (Lipinski definition) is 7. The molecule has 1 aromatic heterocycles. The number of carbonyl (C=O) groups is 1. The second-order valence-electron chi connectivity index (χ2n) is 4.01. The SMILES string of the molecule is CS(=O)CC1CN(/N=C\c2ccc([N+](=O)[O-])o2)C(=O)O1. The molecule has 2 rings (SSSR count). The molecule has 0 bridgehead atoms. The summed E-state index contributed by atoms with van der Waals surface area (Å²) in [6.07, 6.45) is 1.57. The van der Waals surface area contributed by atoms with Crippen molar-refractivity contribution in [1.82, 2.24) is 5.01 Å². The van der Waals surface area contributed by atoms with Crippen LogP contribution in [0.3, 0.4) is 0 Å². The van der Waals surface area contributed by atoms with Crippen LogP contribution in [0, 0.1) is 10.1 Å². The minimum atomic E-state index is -1.08. The number of rotatable bonds is 5. The fourth-order valence-corrected chi connectivity index (χ4v) is 2.28. The van der Waals surface area contributed by atoms with E-state index in [1.807, 2.05) is 0 Å². The number of hydrogen-bond donors (Lipinski definition) is 0. The van der Waals surface area contributed by atoms with Gasteiger partial charge in [-0.3, -0.25) is 14.3 Å². The van der Waals surface area contributed by atoms with Gasteiger partial charge in [0.15, 0.2) is 5.76 Å². The van der Waals surface area contributed by atoms with Gasteiger partial charge in [0.05, 0.1) is 24.6 Å². The molecule has 0 N–H and O–H groups in total. The third-order valence-electron chi connectivity index (χ3n) is 2.39. The Hall–Kier alpha value is -2.23. The average Bonchev–Trinajstić information content (AvgIpc) is 2.93. The van der Waals surface area contributed by atoms with Crippen LogP contribution in [0.5, 0.6) is 0 Å². The predicted molar refractivity (Wildman–Crippen MR) is 68.9 cm³/mol. The number of furan rings is 1. The number of cyclic esters (lactones) is 1. The van der Waals surface area contributed by atoms with Crippen molar-refractivity contribution >= 4 is 29.0 Å². The van der Waals surface area contributed by atoms with Crippen LogP contribution >= 0.6 is 0 Å². The van der Waals surface area contributed by atoms with Gasteiger partial charge in [0.2, 0.25) is 0 Å². The Morgan fingerprint density at radius 1 is 1.65 bits per heavy atom. The van der Waals surface area contributed by atoms with Gasteiger partial charge >= 0.3 is 12.0 Å². The highest BCUT2D eigenvalue weighted by Crippen LogP contribution is 2.15. The number of amides is 1. The van der Waals surface area contributed by atoms with E-state index in [-0.39, 0.29) is 18.1 Å². The summed E-state index contributed by atoms with van der Waals surface area (Å²) in [6.45, 7) is 0.178. The van der Waals surface area contributed by atoms with Crippen molar-refractivity contribution in [3.05, 3.63) is 28.0 Å². The summed E-state index contributed by atoms with van der Waals surface area (Å²) in [6, 6.07) is 2.55. The van der Waals surface area contributed by atoms with Gasteiger partial charge in [0.1, 0.15) is 11.0 Å². The van der Waals surface area contributed by atoms with Crippen LogP contribution < -0.4 is 0 Å². The van der Waals surface area contributed by atoms with E-state index in [1.165, 1.54) is 24.6 Å². The van der Waals surface area contributed by atoms with E-state index in [2.05, 4.69) is 5.10 Å². The molecule has 1 aliphatic heterocycles. The summed E-state index contributed by atoms with van der Waals surface area (Å²) in [4.78, 5) is 21.2. The lowest BCUT2D eigenvalue weighted by molar-refractivity contribution is -0.402. The van der Waals surface area contributed by atoms with Crippen molar-refractivity contribution in [3.8, 4) is 0 Å². The van der Waals surface area contributed by atoms with Gasteiger partial charge in [0.25, 0.3) is 0 Å². The summed E-state index contributed by atoms with van der Waals surface area (Å²) in [5.41, 5.74) is 0. The third kappa shape index (κ3) is 3.41. The van der Waals surface area contributed by atoms with Crippen LogP contribution in [-0.4, -0.2) is 51.1 Å². The molecular weight excluding hydrogens is 290 g/mol. The first-order valence-corrected chi connectivity index (χ1v) is 7.25. The van der Waals surface area contributed by atoms with Crippen LogP contribution in [0.1, 0.15) is 5.76 Å². The van der Waals surface area contributed by atoms with Gasteiger partial charge in [-0.1, -0.05) is 0 Å². The minimum Gasteiger partial charge on any atom is -0.442 e. The summed E-state index contributed by atoms with van der Waals surface area (Å²) >= 11 is 0. The Balaban J connectivity index is 1.98. The van der Waals surface area contributed by atoms with E-state index in [9.17, 15) is 19.1 Å². The summed E-state index contributed by atoms with van der Waals surface area (Å²) < 4.78 is 20.9. The number of ether oxygens (including phenoxy) is 1. The van der Waals surface area contributed by atoms with Gasteiger partial charge < -0.3 is 9.15 Å². The molecule has 1 aromatic rings. The van der Waals surface area contributed by atoms with Crippen molar-refractivity contribution in [2.24, 2.45) is 5.10 Å². The highest BCUT2D eigenvalue weighted by atomic mass is 32.2. The molecule has 0 saturated carbocycles. The Morgan fingerprint density at radius 3 is 3.00 bits per heavy atom. The molecule has 0 aromatic carbocycles. The topological polar surface area (TPSA) is 115 Å². The molecule has 0 spiro atoms. The maximum absolute atomic E-state index is 11.5. The van der Waals surface area contributed by atoms with Gasteiger partial charge in [-0.2, -0.15) is 10.1 Å². The molecule has 1 aliphatic rings. The van der Waals surface area contributed by atoms with Crippen molar-refractivity contribution in [3.63, 3.8) is 0 Å². The molecule has 1 fully saturated rings. The molecule has 9 nitrogen and oxygen atoms in total. The second-order valence-corrected chi connectivity index (χ2v) is 5.49. The fourth-order valence-electron chi connectivity index (χ4n) is 1.59. The molecule has 2 atom stereocenters. The first-order valence-electron chi connectivity index (χ1n) is 5.52. The van der Waals surface area contributed by atoms with Crippen LogP contribution in [0.25, 0.3) is 0 Å². The van der Waals surface area contributed by atoms with E-state index in [0.717, 1.165) is 5.01 Å². The summed E-state index contributed by atoms with van der Waals surface area (Å²) in [7, 11) is -1.08. The quantitative estimate of drug-likeness (QED) is 0.449. The van der Waals surface area contributed by atoms with Crippen molar-refractivity contribution in [2.75, 3.05) is 18.6 Å². The van der Waals surface area contributed by atoms with Crippen LogP contribution in [0.15, 0.2) is 21.7 Å². The van der Waals surface area contributed by atoms with Crippen LogP contribution in [0.4, 0.5) is 10.7 Å². The molecular formula is C10H11N3O6S. The van der Waals surface area contributed by atoms with Crippen molar-refractivity contribution in [1.29, 1.82) is 0 Å².